The SMILES string of the molecule is COc1ccc2cc(C3(O)CC4CCC(C3)N4)ccc2n1. The van der Waals surface area contributed by atoms with Gasteiger partial charge in [0.1, 0.15) is 0 Å². The number of piperidine rings is 1. The molecule has 110 valence electrons. The lowest BCUT2D eigenvalue weighted by Crippen LogP contribution is -2.46. The predicted molar refractivity (Wildman–Crippen MR) is 81.4 cm³/mol. The van der Waals surface area contributed by atoms with Gasteiger partial charge in [0.2, 0.25) is 5.88 Å². The van der Waals surface area contributed by atoms with Gasteiger partial charge in [0.05, 0.1) is 18.2 Å². The monoisotopic (exact) mass is 284 g/mol. The summed E-state index contributed by atoms with van der Waals surface area (Å²) in [5.41, 5.74) is 1.21. The second-order valence-corrected chi connectivity index (χ2v) is 6.34. The summed E-state index contributed by atoms with van der Waals surface area (Å²) >= 11 is 0. The molecule has 2 fully saturated rings. The largest absolute Gasteiger partial charge is 0.481 e. The molecule has 2 unspecified atom stereocenters. The minimum absolute atomic E-state index is 0.457. The lowest BCUT2D eigenvalue weighted by Gasteiger charge is -2.37. The zero-order valence-electron chi connectivity index (χ0n) is 12.2. The zero-order valence-corrected chi connectivity index (χ0v) is 12.2. The van der Waals surface area contributed by atoms with E-state index in [1.807, 2.05) is 24.3 Å². The maximum atomic E-state index is 11.1. The number of aliphatic hydroxyl groups is 1. The summed E-state index contributed by atoms with van der Waals surface area (Å²) in [6.45, 7) is 0. The van der Waals surface area contributed by atoms with E-state index in [2.05, 4.69) is 16.4 Å². The summed E-state index contributed by atoms with van der Waals surface area (Å²) in [5.74, 6) is 0.619. The number of hydrogen-bond donors (Lipinski definition) is 2. The maximum absolute atomic E-state index is 11.1. The molecule has 0 spiro atoms. The molecule has 0 saturated carbocycles. The van der Waals surface area contributed by atoms with Crippen molar-refractivity contribution in [1.82, 2.24) is 10.3 Å². The first-order valence-corrected chi connectivity index (χ1v) is 7.60. The Morgan fingerprint density at radius 3 is 2.67 bits per heavy atom. The normalized spacial score (nSPS) is 31.5. The van der Waals surface area contributed by atoms with Crippen molar-refractivity contribution in [3.8, 4) is 5.88 Å². The Balaban J connectivity index is 1.73. The molecule has 2 aliphatic heterocycles. The van der Waals surface area contributed by atoms with Gasteiger partial charge >= 0.3 is 0 Å². The Morgan fingerprint density at radius 2 is 1.95 bits per heavy atom. The van der Waals surface area contributed by atoms with Gasteiger partial charge in [-0.15, -0.1) is 0 Å². The van der Waals surface area contributed by atoms with Gasteiger partial charge in [0.15, 0.2) is 0 Å². The molecule has 2 bridgehead atoms. The van der Waals surface area contributed by atoms with E-state index in [0.717, 1.165) is 29.3 Å². The van der Waals surface area contributed by atoms with Gasteiger partial charge in [-0.2, -0.15) is 0 Å². The average molecular weight is 284 g/mol. The molecule has 1 aromatic carbocycles. The van der Waals surface area contributed by atoms with E-state index < -0.39 is 5.60 Å². The summed E-state index contributed by atoms with van der Waals surface area (Å²) < 4.78 is 5.16. The Hall–Kier alpha value is -1.65. The molecule has 0 amide bonds. The van der Waals surface area contributed by atoms with Gasteiger partial charge in [0, 0.05) is 23.5 Å². The molecule has 21 heavy (non-hydrogen) atoms. The van der Waals surface area contributed by atoms with Crippen LogP contribution in [0.5, 0.6) is 5.88 Å². The van der Waals surface area contributed by atoms with Gasteiger partial charge in [-0.25, -0.2) is 4.98 Å². The van der Waals surface area contributed by atoms with Crippen molar-refractivity contribution in [2.45, 2.75) is 43.4 Å². The molecule has 0 aliphatic carbocycles. The third-order valence-electron chi connectivity index (χ3n) is 4.91. The molecule has 2 saturated heterocycles. The molecule has 2 atom stereocenters. The molecule has 0 radical (unpaired) electrons. The molecule has 2 aliphatic rings. The number of rotatable bonds is 2. The number of methoxy groups -OCH3 is 1. The lowest BCUT2D eigenvalue weighted by atomic mass is 9.81. The smallest absolute Gasteiger partial charge is 0.213 e. The van der Waals surface area contributed by atoms with E-state index in [-0.39, 0.29) is 0 Å². The number of ether oxygens (including phenoxy) is 1. The molecule has 4 rings (SSSR count). The third-order valence-corrected chi connectivity index (χ3v) is 4.91. The fourth-order valence-electron chi connectivity index (χ4n) is 3.87. The van der Waals surface area contributed by atoms with Crippen molar-refractivity contribution in [2.75, 3.05) is 7.11 Å². The molecule has 2 aromatic rings. The van der Waals surface area contributed by atoms with E-state index in [4.69, 9.17) is 4.74 Å². The minimum atomic E-state index is -0.703. The van der Waals surface area contributed by atoms with Crippen molar-refractivity contribution in [1.29, 1.82) is 0 Å². The quantitative estimate of drug-likeness (QED) is 0.889. The Kier molecular flexibility index (Phi) is 2.91. The van der Waals surface area contributed by atoms with Crippen molar-refractivity contribution >= 4 is 10.9 Å². The molecule has 4 nitrogen and oxygen atoms in total. The number of nitrogens with zero attached hydrogens (tertiary/aromatic N) is 1. The number of nitrogens with one attached hydrogen (secondary N) is 1. The lowest BCUT2D eigenvalue weighted by molar-refractivity contribution is -0.0113. The van der Waals surface area contributed by atoms with Crippen molar-refractivity contribution < 1.29 is 9.84 Å². The van der Waals surface area contributed by atoms with Crippen LogP contribution in [-0.2, 0) is 5.60 Å². The fraction of sp³-hybridized carbons (Fsp3) is 0.471. The number of fused-ring (bicyclic) bond motifs is 3. The van der Waals surface area contributed by atoms with Crippen molar-refractivity contribution in [3.05, 3.63) is 35.9 Å². The van der Waals surface area contributed by atoms with Crippen molar-refractivity contribution in [3.63, 3.8) is 0 Å². The molecule has 4 heteroatoms. The molecule has 2 N–H and O–H groups in total. The molecule has 3 heterocycles. The van der Waals surface area contributed by atoms with Gasteiger partial charge in [-0.3, -0.25) is 0 Å². The van der Waals surface area contributed by atoms with E-state index >= 15 is 0 Å². The van der Waals surface area contributed by atoms with Gasteiger partial charge in [-0.1, -0.05) is 6.07 Å². The number of aromatic nitrogens is 1. The van der Waals surface area contributed by atoms with E-state index in [1.165, 1.54) is 12.8 Å². The molecule has 1 aromatic heterocycles. The third kappa shape index (κ3) is 2.19. The summed E-state index contributed by atoms with van der Waals surface area (Å²) in [7, 11) is 1.62. The highest BCUT2D eigenvalue weighted by molar-refractivity contribution is 5.80. The average Bonchev–Trinajstić information content (AvgIpc) is 2.85. The minimum Gasteiger partial charge on any atom is -0.481 e. The standard InChI is InChI=1S/C17H20N2O2/c1-21-16-7-2-11-8-12(3-6-15(11)19-16)17(20)9-13-4-5-14(10-17)18-13/h2-3,6-8,13-14,18,20H,4-5,9-10H2,1H3. The van der Waals surface area contributed by atoms with Gasteiger partial charge < -0.3 is 15.2 Å². The highest BCUT2D eigenvalue weighted by Crippen LogP contribution is 2.41. The highest BCUT2D eigenvalue weighted by Gasteiger charge is 2.43. The van der Waals surface area contributed by atoms with E-state index in [9.17, 15) is 5.11 Å². The highest BCUT2D eigenvalue weighted by atomic mass is 16.5. The van der Waals surface area contributed by atoms with Crippen LogP contribution in [0.25, 0.3) is 10.9 Å². The van der Waals surface area contributed by atoms with E-state index in [1.54, 1.807) is 7.11 Å². The van der Waals surface area contributed by atoms with Crippen LogP contribution in [0.15, 0.2) is 30.3 Å². The van der Waals surface area contributed by atoms with Crippen LogP contribution < -0.4 is 10.1 Å². The van der Waals surface area contributed by atoms with Crippen LogP contribution in [0.4, 0.5) is 0 Å². The van der Waals surface area contributed by atoms with Crippen LogP contribution >= 0.6 is 0 Å². The van der Waals surface area contributed by atoms with Crippen LogP contribution in [0.2, 0.25) is 0 Å². The second-order valence-electron chi connectivity index (χ2n) is 6.34. The molecular formula is C17H20N2O2. The van der Waals surface area contributed by atoms with Crippen LogP contribution in [0, 0.1) is 0 Å². The summed E-state index contributed by atoms with van der Waals surface area (Å²) in [6.07, 6.45) is 3.97. The van der Waals surface area contributed by atoms with E-state index in [0.29, 0.717) is 18.0 Å². The van der Waals surface area contributed by atoms with Crippen molar-refractivity contribution in [2.24, 2.45) is 0 Å². The number of pyridine rings is 1. The summed E-state index contributed by atoms with van der Waals surface area (Å²) in [4.78, 5) is 4.43. The van der Waals surface area contributed by atoms with Crippen LogP contribution in [-0.4, -0.2) is 29.3 Å². The fourth-order valence-corrected chi connectivity index (χ4v) is 3.87. The summed E-state index contributed by atoms with van der Waals surface area (Å²) in [6, 6.07) is 10.9. The Morgan fingerprint density at radius 1 is 1.19 bits per heavy atom. The maximum Gasteiger partial charge on any atom is 0.213 e. The molecular weight excluding hydrogens is 264 g/mol. The Bertz CT molecular complexity index is 674. The zero-order chi connectivity index (χ0) is 14.4. The second kappa shape index (κ2) is 4.68. The van der Waals surface area contributed by atoms with Gasteiger partial charge in [-0.05, 0) is 49.4 Å². The van der Waals surface area contributed by atoms with Crippen LogP contribution in [0.3, 0.4) is 0 Å². The number of hydrogen-bond acceptors (Lipinski definition) is 4. The number of benzene rings is 1. The van der Waals surface area contributed by atoms with Crippen LogP contribution in [0.1, 0.15) is 31.2 Å². The predicted octanol–water partition coefficient (Wildman–Crippen LogP) is 2.35. The van der Waals surface area contributed by atoms with Gasteiger partial charge in [0.25, 0.3) is 0 Å². The first-order valence-electron chi connectivity index (χ1n) is 7.60. The Labute approximate surface area is 124 Å². The first-order chi connectivity index (χ1) is 10.2. The first kappa shape index (κ1) is 13.0. The topological polar surface area (TPSA) is 54.4 Å². The summed E-state index contributed by atoms with van der Waals surface area (Å²) in [5, 5.41) is 15.7.